The van der Waals surface area contributed by atoms with Crippen molar-refractivity contribution in [1.29, 1.82) is 0 Å². The SMILES string of the molecule is CC(C)CN(c1c(N)cncc1Br)C(C)C. The lowest BCUT2D eigenvalue weighted by Crippen LogP contribution is -2.35. The van der Waals surface area contributed by atoms with Crippen LogP contribution in [0.5, 0.6) is 0 Å². The Balaban J connectivity index is 3.10. The topological polar surface area (TPSA) is 42.1 Å². The van der Waals surface area contributed by atoms with Crippen LogP contribution < -0.4 is 10.6 Å². The van der Waals surface area contributed by atoms with Crippen LogP contribution in [-0.2, 0) is 0 Å². The number of halogens is 1. The van der Waals surface area contributed by atoms with Gasteiger partial charge < -0.3 is 10.6 Å². The predicted octanol–water partition coefficient (Wildman–Crippen LogP) is 3.30. The smallest absolute Gasteiger partial charge is 0.0778 e. The van der Waals surface area contributed by atoms with Gasteiger partial charge in [0.25, 0.3) is 0 Å². The number of hydrogen-bond acceptors (Lipinski definition) is 3. The van der Waals surface area contributed by atoms with Gasteiger partial charge in [-0.05, 0) is 35.7 Å². The highest BCUT2D eigenvalue weighted by molar-refractivity contribution is 9.10. The average Bonchev–Trinajstić information content (AvgIpc) is 2.15. The maximum atomic E-state index is 6.00. The molecule has 0 unspecified atom stereocenters. The zero-order valence-corrected chi connectivity index (χ0v) is 12.0. The summed E-state index contributed by atoms with van der Waals surface area (Å²) in [6.45, 7) is 9.76. The maximum Gasteiger partial charge on any atom is 0.0778 e. The molecule has 1 aromatic rings. The Hall–Kier alpha value is -0.770. The van der Waals surface area contributed by atoms with Crippen molar-refractivity contribution in [2.24, 2.45) is 5.92 Å². The minimum absolute atomic E-state index is 0.420. The van der Waals surface area contributed by atoms with Gasteiger partial charge in [-0.15, -0.1) is 0 Å². The van der Waals surface area contributed by atoms with Crippen LogP contribution in [0.2, 0.25) is 0 Å². The van der Waals surface area contributed by atoms with E-state index < -0.39 is 0 Å². The average molecular weight is 286 g/mol. The van der Waals surface area contributed by atoms with Crippen molar-refractivity contribution in [3.05, 3.63) is 16.9 Å². The molecule has 0 atom stereocenters. The number of anilines is 2. The Morgan fingerprint density at radius 1 is 1.31 bits per heavy atom. The minimum atomic E-state index is 0.420. The quantitative estimate of drug-likeness (QED) is 0.923. The van der Waals surface area contributed by atoms with Crippen LogP contribution in [-0.4, -0.2) is 17.6 Å². The molecule has 4 heteroatoms. The number of nitrogens with zero attached hydrogens (tertiary/aromatic N) is 2. The van der Waals surface area contributed by atoms with Gasteiger partial charge in [0, 0.05) is 18.8 Å². The fraction of sp³-hybridized carbons (Fsp3) is 0.583. The number of nitrogens with two attached hydrogens (primary N) is 1. The van der Waals surface area contributed by atoms with Crippen LogP contribution in [0.15, 0.2) is 16.9 Å². The summed E-state index contributed by atoms with van der Waals surface area (Å²) in [5.74, 6) is 0.599. The summed E-state index contributed by atoms with van der Waals surface area (Å²) >= 11 is 3.52. The number of pyridine rings is 1. The summed E-state index contributed by atoms with van der Waals surface area (Å²) in [5.41, 5.74) is 7.78. The lowest BCUT2D eigenvalue weighted by atomic mass is 10.1. The van der Waals surface area contributed by atoms with Crippen LogP contribution in [0.4, 0.5) is 11.4 Å². The Kier molecular flexibility index (Phi) is 4.59. The molecule has 90 valence electrons. The van der Waals surface area contributed by atoms with Gasteiger partial charge in [-0.25, -0.2) is 0 Å². The van der Waals surface area contributed by atoms with Crippen LogP contribution in [0.1, 0.15) is 27.7 Å². The maximum absolute atomic E-state index is 6.00. The van der Waals surface area contributed by atoms with E-state index >= 15 is 0 Å². The summed E-state index contributed by atoms with van der Waals surface area (Å²) in [4.78, 5) is 6.38. The molecule has 2 N–H and O–H groups in total. The number of aromatic nitrogens is 1. The highest BCUT2D eigenvalue weighted by Gasteiger charge is 2.17. The highest BCUT2D eigenvalue weighted by atomic mass is 79.9. The Labute approximate surface area is 106 Å². The fourth-order valence-electron chi connectivity index (χ4n) is 1.70. The number of hydrogen-bond donors (Lipinski definition) is 1. The molecule has 1 rings (SSSR count). The van der Waals surface area contributed by atoms with Gasteiger partial charge in [0.15, 0.2) is 0 Å². The largest absolute Gasteiger partial charge is 0.396 e. The molecule has 0 fully saturated rings. The molecule has 0 spiro atoms. The Morgan fingerprint density at radius 3 is 2.38 bits per heavy atom. The van der Waals surface area contributed by atoms with Crippen molar-refractivity contribution in [3.63, 3.8) is 0 Å². The predicted molar refractivity (Wildman–Crippen MR) is 73.7 cm³/mol. The third kappa shape index (κ3) is 3.11. The zero-order valence-electron chi connectivity index (χ0n) is 10.4. The normalized spacial score (nSPS) is 11.2. The van der Waals surface area contributed by atoms with Gasteiger partial charge in [-0.2, -0.15) is 0 Å². The highest BCUT2D eigenvalue weighted by Crippen LogP contribution is 2.32. The zero-order chi connectivity index (χ0) is 12.3. The van der Waals surface area contributed by atoms with Crippen molar-refractivity contribution >= 4 is 27.3 Å². The summed E-state index contributed by atoms with van der Waals surface area (Å²) in [6, 6.07) is 0.420. The van der Waals surface area contributed by atoms with Crippen LogP contribution in [0.25, 0.3) is 0 Å². The molecule has 0 amide bonds. The summed E-state index contributed by atoms with van der Waals surface area (Å²) < 4.78 is 0.960. The molecule has 0 bridgehead atoms. The minimum Gasteiger partial charge on any atom is -0.396 e. The van der Waals surface area contributed by atoms with E-state index in [4.69, 9.17) is 5.73 Å². The molecular formula is C12H20BrN3. The second-order valence-electron chi connectivity index (χ2n) is 4.70. The Bertz CT molecular complexity index is 330. The fourth-order valence-corrected chi connectivity index (χ4v) is 2.27. The molecule has 1 aromatic heterocycles. The van der Waals surface area contributed by atoms with Crippen LogP contribution >= 0.6 is 15.9 Å². The van der Waals surface area contributed by atoms with E-state index in [2.05, 4.69) is 53.5 Å². The second-order valence-corrected chi connectivity index (χ2v) is 5.55. The second kappa shape index (κ2) is 5.53. The molecule has 0 aliphatic rings. The van der Waals surface area contributed by atoms with E-state index in [1.54, 1.807) is 12.4 Å². The van der Waals surface area contributed by atoms with Gasteiger partial charge in [-0.3, -0.25) is 4.98 Å². The van der Waals surface area contributed by atoms with Crippen molar-refractivity contribution in [2.45, 2.75) is 33.7 Å². The standard InChI is InChI=1S/C12H20BrN3/c1-8(2)7-16(9(3)4)12-10(13)5-15-6-11(12)14/h5-6,8-9H,7,14H2,1-4H3. The molecule has 0 aliphatic carbocycles. The molecule has 1 heterocycles. The third-order valence-corrected chi connectivity index (χ3v) is 2.95. The first-order valence-corrected chi connectivity index (χ1v) is 6.38. The van der Waals surface area contributed by atoms with E-state index in [0.717, 1.165) is 22.4 Å². The van der Waals surface area contributed by atoms with Crippen molar-refractivity contribution in [2.75, 3.05) is 17.2 Å². The molecule has 0 aliphatic heterocycles. The summed E-state index contributed by atoms with van der Waals surface area (Å²) in [6.07, 6.45) is 3.50. The summed E-state index contributed by atoms with van der Waals surface area (Å²) in [7, 11) is 0. The monoisotopic (exact) mass is 285 g/mol. The molecule has 3 nitrogen and oxygen atoms in total. The van der Waals surface area contributed by atoms with Crippen molar-refractivity contribution in [1.82, 2.24) is 4.98 Å². The first kappa shape index (κ1) is 13.3. The van der Waals surface area contributed by atoms with E-state index in [9.17, 15) is 0 Å². The van der Waals surface area contributed by atoms with Gasteiger partial charge in [0.05, 0.1) is 22.0 Å². The molecule has 0 saturated carbocycles. The van der Waals surface area contributed by atoms with Crippen LogP contribution in [0.3, 0.4) is 0 Å². The lowest BCUT2D eigenvalue weighted by molar-refractivity contribution is 0.570. The molecule has 0 radical (unpaired) electrons. The Morgan fingerprint density at radius 2 is 1.94 bits per heavy atom. The van der Waals surface area contributed by atoms with Gasteiger partial charge in [0.2, 0.25) is 0 Å². The molecule has 0 saturated heterocycles. The summed E-state index contributed by atoms with van der Waals surface area (Å²) in [5, 5.41) is 0. The first-order valence-electron chi connectivity index (χ1n) is 5.59. The van der Waals surface area contributed by atoms with Crippen molar-refractivity contribution in [3.8, 4) is 0 Å². The molecule has 0 aromatic carbocycles. The van der Waals surface area contributed by atoms with Crippen molar-refractivity contribution < 1.29 is 0 Å². The van der Waals surface area contributed by atoms with E-state index in [1.807, 2.05) is 0 Å². The number of nitrogen functional groups attached to an aromatic ring is 1. The van der Waals surface area contributed by atoms with Gasteiger partial charge in [0.1, 0.15) is 0 Å². The third-order valence-electron chi connectivity index (χ3n) is 2.37. The van der Waals surface area contributed by atoms with E-state index in [-0.39, 0.29) is 0 Å². The lowest BCUT2D eigenvalue weighted by Gasteiger charge is -2.32. The van der Waals surface area contributed by atoms with Gasteiger partial charge in [-0.1, -0.05) is 13.8 Å². The molecule has 16 heavy (non-hydrogen) atoms. The first-order chi connectivity index (χ1) is 7.43. The van der Waals surface area contributed by atoms with Crippen LogP contribution in [0, 0.1) is 5.92 Å². The van der Waals surface area contributed by atoms with Gasteiger partial charge >= 0.3 is 0 Å². The van der Waals surface area contributed by atoms with E-state index in [1.165, 1.54) is 0 Å². The molecular weight excluding hydrogens is 266 g/mol. The van der Waals surface area contributed by atoms with E-state index in [0.29, 0.717) is 12.0 Å². The number of rotatable bonds is 4.